The minimum absolute atomic E-state index is 0.00213. The number of hydrogen-bond acceptors (Lipinski definition) is 12. The molecule has 0 aromatic rings. The van der Waals surface area contributed by atoms with Crippen LogP contribution in [0.4, 0.5) is 0 Å². The Labute approximate surface area is 289 Å². The van der Waals surface area contributed by atoms with E-state index in [9.17, 15) is 54.0 Å². The van der Waals surface area contributed by atoms with Crippen molar-refractivity contribution in [2.45, 2.75) is 96.2 Å². The minimum atomic E-state index is -1.58. The van der Waals surface area contributed by atoms with E-state index < -0.39 is 109 Å². The van der Waals surface area contributed by atoms with Gasteiger partial charge in [0.25, 0.3) is 0 Å². The third-order valence-electron chi connectivity index (χ3n) is 7.04. The molecule has 21 heteroatoms. The molecule has 0 bridgehead atoms. The summed E-state index contributed by atoms with van der Waals surface area (Å²) < 4.78 is 0. The van der Waals surface area contributed by atoms with Gasteiger partial charge in [0.2, 0.25) is 35.4 Å². The van der Waals surface area contributed by atoms with Crippen molar-refractivity contribution in [3.05, 3.63) is 0 Å². The van der Waals surface area contributed by atoms with E-state index in [1.165, 1.54) is 6.92 Å². The molecule has 7 atom stereocenters. The van der Waals surface area contributed by atoms with Crippen molar-refractivity contribution >= 4 is 47.4 Å². The van der Waals surface area contributed by atoms with E-state index in [0.717, 1.165) is 0 Å². The topological polar surface area (TPSA) is 363 Å². The SMILES string of the molecule is CC(C)C[C@H](NC(=O)[C@H](CO)NC(=O)CNC(=O)[C@H](CO)NC(=O)[C@@H](N)[C@@H](C)O)C(=O)N[C@H](C(=O)N[C@@H](CCCN=C(N)N)C(=O)O)C(C)C. The van der Waals surface area contributed by atoms with Crippen LogP contribution in [0.15, 0.2) is 4.99 Å². The molecule has 0 heterocycles. The van der Waals surface area contributed by atoms with Gasteiger partial charge in [-0.25, -0.2) is 4.79 Å². The Bertz CT molecular complexity index is 1190. The quantitative estimate of drug-likeness (QED) is 0.0266. The van der Waals surface area contributed by atoms with Crippen molar-refractivity contribution in [1.82, 2.24) is 31.9 Å². The van der Waals surface area contributed by atoms with E-state index in [1.807, 2.05) is 0 Å². The summed E-state index contributed by atoms with van der Waals surface area (Å²) in [5.74, 6) is -7.58. The molecule has 0 aliphatic heterocycles. The number of hydrogen-bond donors (Lipinski definition) is 13. The Balaban J connectivity index is 5.51. The first kappa shape index (κ1) is 45.4. The fourth-order valence-corrected chi connectivity index (χ4v) is 4.20. The molecule has 0 fully saturated rings. The van der Waals surface area contributed by atoms with Gasteiger partial charge in [-0.3, -0.25) is 33.8 Å². The fraction of sp³-hybridized carbons (Fsp3) is 0.724. The number of nitrogens with two attached hydrogens (primary N) is 3. The predicted octanol–water partition coefficient (Wildman–Crippen LogP) is -5.94. The highest BCUT2D eigenvalue weighted by Gasteiger charge is 2.33. The van der Waals surface area contributed by atoms with E-state index in [0.29, 0.717) is 0 Å². The van der Waals surface area contributed by atoms with Crippen molar-refractivity contribution < 1.29 is 54.0 Å². The van der Waals surface area contributed by atoms with Crippen LogP contribution in [0.1, 0.15) is 53.9 Å². The number of nitrogens with zero attached hydrogens (tertiary/aromatic N) is 1. The van der Waals surface area contributed by atoms with Gasteiger partial charge in [-0.2, -0.15) is 0 Å². The van der Waals surface area contributed by atoms with Gasteiger partial charge in [0.1, 0.15) is 36.3 Å². The van der Waals surface area contributed by atoms with Crippen LogP contribution in [0, 0.1) is 11.8 Å². The third-order valence-corrected chi connectivity index (χ3v) is 7.04. The fourth-order valence-electron chi connectivity index (χ4n) is 4.20. The summed E-state index contributed by atoms with van der Waals surface area (Å²) in [4.78, 5) is 91.9. The number of carboxylic acid groups (broad SMARTS) is 1. The van der Waals surface area contributed by atoms with Gasteiger partial charge in [0.05, 0.1) is 25.9 Å². The van der Waals surface area contributed by atoms with Crippen LogP contribution in [0.25, 0.3) is 0 Å². The van der Waals surface area contributed by atoms with Crippen molar-refractivity contribution in [2.24, 2.45) is 34.0 Å². The van der Waals surface area contributed by atoms with Gasteiger partial charge in [-0.15, -0.1) is 0 Å². The maximum Gasteiger partial charge on any atom is 0.326 e. The molecule has 0 aliphatic rings. The number of amides is 6. The summed E-state index contributed by atoms with van der Waals surface area (Å²) in [7, 11) is 0. The molecule has 0 aliphatic carbocycles. The number of guanidine groups is 1. The number of aliphatic hydroxyl groups is 3. The van der Waals surface area contributed by atoms with Crippen LogP contribution in [0.2, 0.25) is 0 Å². The Morgan fingerprint density at radius 3 is 1.70 bits per heavy atom. The summed E-state index contributed by atoms with van der Waals surface area (Å²) >= 11 is 0. The van der Waals surface area contributed by atoms with Gasteiger partial charge in [0, 0.05) is 6.54 Å². The molecular formula is C29H54N10O11. The highest BCUT2D eigenvalue weighted by Crippen LogP contribution is 2.10. The monoisotopic (exact) mass is 718 g/mol. The maximum absolute atomic E-state index is 13.4. The first-order chi connectivity index (χ1) is 23.2. The zero-order valence-corrected chi connectivity index (χ0v) is 29.0. The second-order valence-corrected chi connectivity index (χ2v) is 12.3. The summed E-state index contributed by atoms with van der Waals surface area (Å²) in [5, 5.41) is 52.1. The number of carbonyl (C=O) groups excluding carboxylic acids is 6. The lowest BCUT2D eigenvalue weighted by Gasteiger charge is -2.28. The van der Waals surface area contributed by atoms with Gasteiger partial charge in [0.15, 0.2) is 5.96 Å². The van der Waals surface area contributed by atoms with Crippen molar-refractivity contribution in [3.63, 3.8) is 0 Å². The van der Waals surface area contributed by atoms with Crippen LogP contribution in [0.3, 0.4) is 0 Å². The molecule has 0 radical (unpaired) electrons. The number of carboxylic acids is 1. The van der Waals surface area contributed by atoms with Crippen LogP contribution in [0.5, 0.6) is 0 Å². The number of aliphatic carboxylic acids is 1. The number of nitrogens with one attached hydrogen (secondary N) is 6. The summed E-state index contributed by atoms with van der Waals surface area (Å²) in [6, 6.07) is -8.25. The average Bonchev–Trinajstić information content (AvgIpc) is 3.03. The van der Waals surface area contributed by atoms with Crippen LogP contribution >= 0.6 is 0 Å². The van der Waals surface area contributed by atoms with E-state index in [2.05, 4.69) is 36.9 Å². The molecule has 0 spiro atoms. The Hall–Kier alpha value is -4.60. The second kappa shape index (κ2) is 22.9. The van der Waals surface area contributed by atoms with E-state index in [1.54, 1.807) is 27.7 Å². The molecule has 0 unspecified atom stereocenters. The molecule has 286 valence electrons. The second-order valence-electron chi connectivity index (χ2n) is 12.3. The van der Waals surface area contributed by atoms with Gasteiger partial charge in [-0.05, 0) is 38.0 Å². The van der Waals surface area contributed by atoms with Gasteiger partial charge in [-0.1, -0.05) is 27.7 Å². The van der Waals surface area contributed by atoms with Crippen LogP contribution in [-0.4, -0.2) is 136 Å². The normalized spacial score (nSPS) is 15.3. The Kier molecular flexibility index (Phi) is 20.8. The lowest BCUT2D eigenvalue weighted by Crippen LogP contribution is -2.60. The highest BCUT2D eigenvalue weighted by molar-refractivity contribution is 5.96. The van der Waals surface area contributed by atoms with Gasteiger partial charge >= 0.3 is 5.97 Å². The number of aliphatic hydroxyl groups excluding tert-OH is 3. The summed E-state index contributed by atoms with van der Waals surface area (Å²) in [6.45, 7) is 5.61. The Morgan fingerprint density at radius 2 is 1.22 bits per heavy atom. The minimum Gasteiger partial charge on any atom is -0.480 e. The standard InChI is InChI=1S/C29H54N10O11/c1-13(2)9-17(24(45)39-22(14(3)4)27(48)36-16(28(49)50)7-6-8-33-29(31)32)37-25(46)19(12-41)35-20(43)10-34-23(44)18(11-40)38-26(47)21(30)15(5)42/h13-19,21-22,40-42H,6-12,30H2,1-5H3,(H,34,44)(H,35,43)(H,36,48)(H,37,46)(H,38,47)(H,39,45)(H,49,50)(H4,31,32,33)/t15-,16+,17+,18+,19+,21+,22+/m1/s1. The first-order valence-corrected chi connectivity index (χ1v) is 16.0. The Morgan fingerprint density at radius 1 is 0.700 bits per heavy atom. The van der Waals surface area contributed by atoms with E-state index in [4.69, 9.17) is 17.2 Å². The van der Waals surface area contributed by atoms with Gasteiger partial charge < -0.3 is 69.5 Å². The zero-order chi connectivity index (χ0) is 38.7. The lowest BCUT2D eigenvalue weighted by atomic mass is 9.99. The molecule has 0 saturated heterocycles. The number of rotatable bonds is 23. The lowest BCUT2D eigenvalue weighted by molar-refractivity contribution is -0.143. The molecular weight excluding hydrogens is 664 g/mol. The number of carbonyl (C=O) groups is 7. The van der Waals surface area contributed by atoms with Crippen molar-refractivity contribution in [3.8, 4) is 0 Å². The summed E-state index contributed by atoms with van der Waals surface area (Å²) in [5.41, 5.74) is 16.0. The van der Waals surface area contributed by atoms with E-state index >= 15 is 0 Å². The smallest absolute Gasteiger partial charge is 0.326 e. The summed E-state index contributed by atoms with van der Waals surface area (Å²) in [6.07, 6.45) is -0.936. The predicted molar refractivity (Wildman–Crippen MR) is 178 cm³/mol. The molecule has 0 saturated carbocycles. The molecule has 0 aromatic carbocycles. The molecule has 21 nitrogen and oxygen atoms in total. The molecule has 0 aromatic heterocycles. The van der Waals surface area contributed by atoms with Crippen LogP contribution < -0.4 is 49.1 Å². The van der Waals surface area contributed by atoms with Crippen LogP contribution in [-0.2, 0) is 33.6 Å². The highest BCUT2D eigenvalue weighted by atomic mass is 16.4. The molecule has 16 N–H and O–H groups in total. The average molecular weight is 719 g/mol. The largest absolute Gasteiger partial charge is 0.480 e. The maximum atomic E-state index is 13.4. The molecule has 6 amide bonds. The third kappa shape index (κ3) is 17.2. The zero-order valence-electron chi connectivity index (χ0n) is 29.0. The molecule has 0 rings (SSSR count). The number of aliphatic imine (C=N–C) groups is 1. The molecule has 50 heavy (non-hydrogen) atoms. The van der Waals surface area contributed by atoms with Crippen molar-refractivity contribution in [1.29, 1.82) is 0 Å². The first-order valence-electron chi connectivity index (χ1n) is 16.0. The van der Waals surface area contributed by atoms with Crippen molar-refractivity contribution in [2.75, 3.05) is 26.3 Å². The van der Waals surface area contributed by atoms with E-state index in [-0.39, 0.29) is 37.7 Å².